The maximum atomic E-state index is 13.4. The lowest BCUT2D eigenvalue weighted by atomic mass is 9.97. The Balaban J connectivity index is 1.29. The number of rotatable bonds is 6. The van der Waals surface area contributed by atoms with Crippen LogP contribution in [-0.2, 0) is 6.42 Å². The van der Waals surface area contributed by atoms with Crippen molar-refractivity contribution in [3.63, 3.8) is 0 Å². The molecule has 3 heterocycles. The summed E-state index contributed by atoms with van der Waals surface area (Å²) in [6.45, 7) is 1.32. The molecule has 170 valence electrons. The molecule has 33 heavy (non-hydrogen) atoms. The lowest BCUT2D eigenvalue weighted by Gasteiger charge is -2.31. The number of likely N-dealkylation sites (tertiary alicyclic amines) is 1. The average molecular weight is 446 g/mol. The molecular formula is C26H27N3O4. The Bertz CT molecular complexity index is 1260. The van der Waals surface area contributed by atoms with Crippen molar-refractivity contribution in [2.45, 2.75) is 25.2 Å². The molecule has 0 unspecified atom stereocenters. The summed E-state index contributed by atoms with van der Waals surface area (Å²) in [5.74, 6) is 3.20. The van der Waals surface area contributed by atoms with Crippen LogP contribution in [0.3, 0.4) is 0 Å². The number of carbonyl (C=O) groups is 1. The lowest BCUT2D eigenvalue weighted by Crippen LogP contribution is -2.39. The van der Waals surface area contributed by atoms with E-state index in [1.165, 1.54) is 0 Å². The number of piperidine rings is 1. The second-order valence-electron chi connectivity index (χ2n) is 8.39. The van der Waals surface area contributed by atoms with Gasteiger partial charge in [0.15, 0.2) is 5.89 Å². The van der Waals surface area contributed by atoms with E-state index < -0.39 is 0 Å². The molecule has 1 amide bonds. The van der Waals surface area contributed by atoms with Gasteiger partial charge in [-0.1, -0.05) is 12.1 Å². The lowest BCUT2D eigenvalue weighted by molar-refractivity contribution is 0.0700. The third-order valence-corrected chi connectivity index (χ3v) is 6.29. The number of hydrogen-bond donors (Lipinski definition) is 1. The topological polar surface area (TPSA) is 80.6 Å². The number of aromatic amines is 1. The van der Waals surface area contributed by atoms with Crippen LogP contribution in [0.15, 0.2) is 59.3 Å². The first-order valence-electron chi connectivity index (χ1n) is 11.2. The predicted molar refractivity (Wildman–Crippen MR) is 125 cm³/mol. The van der Waals surface area contributed by atoms with E-state index in [0.29, 0.717) is 24.4 Å². The molecule has 1 N–H and O–H groups in total. The normalized spacial score (nSPS) is 16.2. The first kappa shape index (κ1) is 21.1. The molecule has 7 heteroatoms. The number of oxazole rings is 1. The molecule has 0 radical (unpaired) electrons. The fourth-order valence-corrected chi connectivity index (χ4v) is 4.47. The number of H-pyrrole nitrogens is 1. The highest BCUT2D eigenvalue weighted by Crippen LogP contribution is 2.30. The monoisotopic (exact) mass is 445 g/mol. The van der Waals surface area contributed by atoms with Crippen LogP contribution in [0.25, 0.3) is 10.9 Å². The van der Waals surface area contributed by atoms with Crippen molar-refractivity contribution in [2.24, 2.45) is 0 Å². The van der Waals surface area contributed by atoms with E-state index in [2.05, 4.69) is 9.97 Å². The van der Waals surface area contributed by atoms with Gasteiger partial charge < -0.3 is 23.8 Å². The SMILES string of the molecule is COc1ccc(Cc2cnc([C@@H]3CCCN(C(=O)c4c[nH]c5ccc(OC)cc45)C3)o2)cc1. The van der Waals surface area contributed by atoms with Crippen molar-refractivity contribution in [1.29, 1.82) is 0 Å². The standard InChI is InChI=1S/C26H27N3O4/c1-31-19-7-5-17(6-8-19)12-21-14-28-25(33-21)18-4-3-11-29(16-18)26(30)23-15-27-24-10-9-20(32-2)13-22(23)24/h5-10,13-15,18,27H,3-4,11-12,16H2,1-2H3/t18-/m1/s1. The molecule has 7 nitrogen and oxygen atoms in total. The number of nitrogens with zero attached hydrogens (tertiary/aromatic N) is 2. The molecule has 0 aliphatic carbocycles. The molecular weight excluding hydrogens is 418 g/mol. The average Bonchev–Trinajstić information content (AvgIpc) is 3.51. The van der Waals surface area contributed by atoms with E-state index in [4.69, 9.17) is 13.9 Å². The van der Waals surface area contributed by atoms with Crippen molar-refractivity contribution < 1.29 is 18.7 Å². The van der Waals surface area contributed by atoms with Crippen LogP contribution in [0.4, 0.5) is 0 Å². The van der Waals surface area contributed by atoms with Gasteiger partial charge in [-0.25, -0.2) is 4.98 Å². The minimum absolute atomic E-state index is 0.0178. The zero-order valence-corrected chi connectivity index (χ0v) is 18.8. The minimum atomic E-state index is 0.0178. The Morgan fingerprint density at radius 1 is 1.15 bits per heavy atom. The summed E-state index contributed by atoms with van der Waals surface area (Å²) in [7, 11) is 3.29. The van der Waals surface area contributed by atoms with Crippen molar-refractivity contribution in [1.82, 2.24) is 14.9 Å². The van der Waals surface area contributed by atoms with Gasteiger partial charge >= 0.3 is 0 Å². The Hall–Kier alpha value is -3.74. The molecule has 2 aromatic carbocycles. The van der Waals surface area contributed by atoms with E-state index in [-0.39, 0.29) is 11.8 Å². The van der Waals surface area contributed by atoms with E-state index in [1.54, 1.807) is 26.6 Å². The number of nitrogens with one attached hydrogen (secondary N) is 1. The molecule has 2 aromatic heterocycles. The summed E-state index contributed by atoms with van der Waals surface area (Å²) in [6.07, 6.45) is 6.12. The van der Waals surface area contributed by atoms with E-state index >= 15 is 0 Å². The molecule has 0 spiro atoms. The highest BCUT2D eigenvalue weighted by molar-refractivity contribution is 6.07. The van der Waals surface area contributed by atoms with Crippen LogP contribution < -0.4 is 9.47 Å². The van der Waals surface area contributed by atoms with Gasteiger partial charge in [-0.05, 0) is 48.7 Å². The number of hydrogen-bond acceptors (Lipinski definition) is 5. The van der Waals surface area contributed by atoms with Crippen molar-refractivity contribution in [3.05, 3.63) is 77.6 Å². The second kappa shape index (κ2) is 9.02. The Morgan fingerprint density at radius 2 is 1.94 bits per heavy atom. The maximum absolute atomic E-state index is 13.4. The van der Waals surface area contributed by atoms with Crippen LogP contribution in [-0.4, -0.2) is 48.1 Å². The number of benzene rings is 2. The molecule has 1 atom stereocenters. The van der Waals surface area contributed by atoms with E-state index in [9.17, 15) is 4.79 Å². The fourth-order valence-electron chi connectivity index (χ4n) is 4.47. The van der Waals surface area contributed by atoms with Gasteiger partial charge in [-0.3, -0.25) is 4.79 Å². The third kappa shape index (κ3) is 4.31. The predicted octanol–water partition coefficient (Wildman–Crippen LogP) is 4.78. The van der Waals surface area contributed by atoms with Gasteiger partial charge in [0, 0.05) is 36.6 Å². The summed E-state index contributed by atoms with van der Waals surface area (Å²) >= 11 is 0. The highest BCUT2D eigenvalue weighted by atomic mass is 16.5. The Labute approximate surface area is 192 Å². The summed E-state index contributed by atoms with van der Waals surface area (Å²) in [4.78, 5) is 23.0. The molecule has 1 aliphatic heterocycles. The number of ether oxygens (including phenoxy) is 2. The Kier molecular flexibility index (Phi) is 5.77. The molecule has 1 fully saturated rings. The van der Waals surface area contributed by atoms with Crippen LogP contribution in [0, 0.1) is 0 Å². The minimum Gasteiger partial charge on any atom is -0.497 e. The zero-order chi connectivity index (χ0) is 22.8. The van der Waals surface area contributed by atoms with Crippen LogP contribution in [0.2, 0.25) is 0 Å². The van der Waals surface area contributed by atoms with Crippen LogP contribution in [0.1, 0.15) is 46.3 Å². The smallest absolute Gasteiger partial charge is 0.256 e. The molecule has 0 bridgehead atoms. The number of carbonyl (C=O) groups excluding carboxylic acids is 1. The number of aromatic nitrogens is 2. The zero-order valence-electron chi connectivity index (χ0n) is 18.8. The highest BCUT2D eigenvalue weighted by Gasteiger charge is 2.29. The van der Waals surface area contributed by atoms with E-state index in [0.717, 1.165) is 53.1 Å². The van der Waals surface area contributed by atoms with Gasteiger partial charge in [0.1, 0.15) is 17.3 Å². The van der Waals surface area contributed by atoms with Gasteiger partial charge in [0.25, 0.3) is 5.91 Å². The summed E-state index contributed by atoms with van der Waals surface area (Å²) in [5.41, 5.74) is 2.72. The molecule has 1 aliphatic rings. The van der Waals surface area contributed by atoms with Crippen molar-refractivity contribution >= 4 is 16.8 Å². The second-order valence-corrected chi connectivity index (χ2v) is 8.39. The van der Waals surface area contributed by atoms with Crippen molar-refractivity contribution in [3.8, 4) is 11.5 Å². The van der Waals surface area contributed by atoms with Gasteiger partial charge in [-0.2, -0.15) is 0 Å². The maximum Gasteiger partial charge on any atom is 0.256 e. The largest absolute Gasteiger partial charge is 0.497 e. The first-order chi connectivity index (χ1) is 16.1. The molecule has 1 saturated heterocycles. The van der Waals surface area contributed by atoms with Crippen LogP contribution in [0.5, 0.6) is 11.5 Å². The quantitative estimate of drug-likeness (QED) is 0.462. The Morgan fingerprint density at radius 3 is 2.73 bits per heavy atom. The number of fused-ring (bicyclic) bond motifs is 1. The van der Waals surface area contributed by atoms with Gasteiger partial charge in [0.2, 0.25) is 0 Å². The summed E-state index contributed by atoms with van der Waals surface area (Å²) in [6, 6.07) is 13.7. The van der Waals surface area contributed by atoms with Gasteiger partial charge in [0.05, 0.1) is 31.9 Å². The first-order valence-corrected chi connectivity index (χ1v) is 11.2. The molecule has 4 aromatic rings. The van der Waals surface area contributed by atoms with E-state index in [1.807, 2.05) is 47.4 Å². The van der Waals surface area contributed by atoms with Crippen molar-refractivity contribution in [2.75, 3.05) is 27.3 Å². The fraction of sp³-hybridized carbons (Fsp3) is 0.308. The molecule has 5 rings (SSSR count). The van der Waals surface area contributed by atoms with Gasteiger partial charge in [-0.15, -0.1) is 0 Å². The molecule has 0 saturated carbocycles. The summed E-state index contributed by atoms with van der Waals surface area (Å²) in [5, 5.41) is 0.874. The third-order valence-electron chi connectivity index (χ3n) is 6.29. The number of methoxy groups -OCH3 is 2. The van der Waals surface area contributed by atoms with Crippen LogP contribution >= 0.6 is 0 Å². The number of amides is 1. The summed E-state index contributed by atoms with van der Waals surface area (Å²) < 4.78 is 16.7.